The van der Waals surface area contributed by atoms with Gasteiger partial charge in [0.1, 0.15) is 0 Å². The first-order valence-corrected chi connectivity index (χ1v) is 7.46. The number of carboxylic acids is 1. The lowest BCUT2D eigenvalue weighted by Gasteiger charge is -2.33. The minimum atomic E-state index is -0.508. The summed E-state index contributed by atoms with van der Waals surface area (Å²) in [6.07, 6.45) is 14.0. The minimum Gasteiger partial charge on any atom is -0.481 e. The fourth-order valence-electron chi connectivity index (χ4n) is 3.85. The molecule has 2 aliphatic rings. The van der Waals surface area contributed by atoms with Crippen LogP contribution < -0.4 is 0 Å². The van der Waals surface area contributed by atoms with E-state index >= 15 is 0 Å². The minimum absolute atomic E-state index is 0.366. The monoisotopic (exact) mass is 238 g/mol. The quantitative estimate of drug-likeness (QED) is 0.792. The Balaban J connectivity index is 2.02. The lowest BCUT2D eigenvalue weighted by Crippen LogP contribution is -2.33. The van der Waals surface area contributed by atoms with Gasteiger partial charge < -0.3 is 5.11 Å². The van der Waals surface area contributed by atoms with Gasteiger partial charge in [-0.05, 0) is 25.2 Å². The van der Waals surface area contributed by atoms with Gasteiger partial charge in [-0.1, -0.05) is 57.8 Å². The summed E-state index contributed by atoms with van der Waals surface area (Å²) in [7, 11) is 0. The van der Waals surface area contributed by atoms with E-state index in [-0.39, 0.29) is 5.41 Å². The molecule has 2 rings (SSSR count). The molecule has 0 aliphatic heterocycles. The van der Waals surface area contributed by atoms with Gasteiger partial charge in [0.15, 0.2) is 0 Å². The van der Waals surface area contributed by atoms with Gasteiger partial charge in [-0.15, -0.1) is 0 Å². The van der Waals surface area contributed by atoms with Crippen molar-refractivity contribution in [2.24, 2.45) is 11.3 Å². The lowest BCUT2D eigenvalue weighted by atomic mass is 9.70. The number of hydrogen-bond donors (Lipinski definition) is 1. The third-order valence-corrected chi connectivity index (χ3v) is 4.92. The zero-order chi connectivity index (χ0) is 12.1. The zero-order valence-corrected chi connectivity index (χ0v) is 10.9. The van der Waals surface area contributed by atoms with Crippen molar-refractivity contribution in [3.05, 3.63) is 0 Å². The van der Waals surface area contributed by atoms with Gasteiger partial charge in [-0.25, -0.2) is 0 Å². The molecular weight excluding hydrogens is 212 g/mol. The predicted molar refractivity (Wildman–Crippen MR) is 69.0 cm³/mol. The normalized spacial score (nSPS) is 26.4. The van der Waals surface area contributed by atoms with Crippen LogP contribution in [0.15, 0.2) is 0 Å². The highest BCUT2D eigenvalue weighted by Gasteiger charge is 2.40. The van der Waals surface area contributed by atoms with Crippen LogP contribution in [-0.4, -0.2) is 11.1 Å². The van der Waals surface area contributed by atoms with Crippen molar-refractivity contribution in [3.63, 3.8) is 0 Å². The van der Waals surface area contributed by atoms with Crippen LogP contribution in [0.25, 0.3) is 0 Å². The topological polar surface area (TPSA) is 37.3 Å². The van der Waals surface area contributed by atoms with Crippen molar-refractivity contribution >= 4 is 5.97 Å². The van der Waals surface area contributed by atoms with Crippen LogP contribution in [0.3, 0.4) is 0 Å². The molecule has 1 N–H and O–H groups in total. The second-order valence-electron chi connectivity index (χ2n) is 6.21. The summed E-state index contributed by atoms with van der Waals surface area (Å²) in [6.45, 7) is 0. The van der Waals surface area contributed by atoms with E-state index in [9.17, 15) is 9.90 Å². The summed E-state index contributed by atoms with van der Waals surface area (Å²) in [5.41, 5.74) is -0.366. The van der Waals surface area contributed by atoms with Gasteiger partial charge in [-0.2, -0.15) is 0 Å². The number of rotatable bonds is 3. The zero-order valence-electron chi connectivity index (χ0n) is 10.9. The Kier molecular flexibility index (Phi) is 4.47. The highest BCUT2D eigenvalue weighted by atomic mass is 16.4. The second-order valence-corrected chi connectivity index (χ2v) is 6.21. The van der Waals surface area contributed by atoms with E-state index in [1.165, 1.54) is 44.9 Å². The highest BCUT2D eigenvalue weighted by molar-refractivity contribution is 5.74. The second kappa shape index (κ2) is 5.88. The summed E-state index contributed by atoms with van der Waals surface area (Å²) in [4.78, 5) is 11.7. The Morgan fingerprint density at radius 1 is 0.941 bits per heavy atom. The molecule has 98 valence electrons. The summed E-state index contributed by atoms with van der Waals surface area (Å²) >= 11 is 0. The molecule has 17 heavy (non-hydrogen) atoms. The molecule has 0 amide bonds. The van der Waals surface area contributed by atoms with Crippen molar-refractivity contribution < 1.29 is 9.90 Å². The molecule has 0 heterocycles. The van der Waals surface area contributed by atoms with E-state index in [0.717, 1.165) is 32.1 Å². The third kappa shape index (κ3) is 3.23. The van der Waals surface area contributed by atoms with E-state index in [2.05, 4.69) is 0 Å². The van der Waals surface area contributed by atoms with E-state index in [1.54, 1.807) is 0 Å². The fourth-order valence-corrected chi connectivity index (χ4v) is 3.85. The maximum atomic E-state index is 11.7. The van der Waals surface area contributed by atoms with Crippen molar-refractivity contribution in [3.8, 4) is 0 Å². The molecule has 0 aromatic rings. The van der Waals surface area contributed by atoms with Gasteiger partial charge in [0.2, 0.25) is 0 Å². The Bertz CT molecular complexity index is 246. The van der Waals surface area contributed by atoms with Crippen LogP contribution in [0.4, 0.5) is 0 Å². The molecule has 0 saturated heterocycles. The Hall–Kier alpha value is -0.530. The maximum absolute atomic E-state index is 11.7. The Labute approximate surface area is 105 Å². The predicted octanol–water partition coefficient (Wildman–Crippen LogP) is 4.38. The third-order valence-electron chi connectivity index (χ3n) is 4.92. The molecule has 0 bridgehead atoms. The first kappa shape index (κ1) is 12.9. The summed E-state index contributed by atoms with van der Waals surface area (Å²) in [5, 5.41) is 9.67. The summed E-state index contributed by atoms with van der Waals surface area (Å²) in [6, 6.07) is 0. The Morgan fingerprint density at radius 2 is 1.47 bits per heavy atom. The molecule has 0 radical (unpaired) electrons. The highest BCUT2D eigenvalue weighted by Crippen LogP contribution is 2.43. The molecule has 2 saturated carbocycles. The largest absolute Gasteiger partial charge is 0.481 e. The molecule has 2 heteroatoms. The molecule has 0 atom stereocenters. The molecule has 2 fully saturated rings. The molecular formula is C15H26O2. The first-order chi connectivity index (χ1) is 8.23. The van der Waals surface area contributed by atoms with Crippen LogP contribution in [0.2, 0.25) is 0 Å². The summed E-state index contributed by atoms with van der Waals surface area (Å²) < 4.78 is 0. The number of carbonyl (C=O) groups is 1. The van der Waals surface area contributed by atoms with Crippen LogP contribution in [0, 0.1) is 11.3 Å². The van der Waals surface area contributed by atoms with Gasteiger partial charge >= 0.3 is 5.97 Å². The van der Waals surface area contributed by atoms with Gasteiger partial charge in [0, 0.05) is 0 Å². The SMILES string of the molecule is O=C(O)C1(CC2CCCC2)CCCCCCC1. The van der Waals surface area contributed by atoms with Crippen LogP contribution in [0.1, 0.15) is 77.0 Å². The molecule has 0 spiro atoms. The summed E-state index contributed by atoms with van der Waals surface area (Å²) in [5.74, 6) is 0.192. The number of hydrogen-bond acceptors (Lipinski definition) is 1. The maximum Gasteiger partial charge on any atom is 0.309 e. The average molecular weight is 238 g/mol. The van der Waals surface area contributed by atoms with Crippen molar-refractivity contribution in [2.75, 3.05) is 0 Å². The lowest BCUT2D eigenvalue weighted by molar-refractivity contribution is -0.151. The van der Waals surface area contributed by atoms with Crippen molar-refractivity contribution in [1.29, 1.82) is 0 Å². The van der Waals surface area contributed by atoms with Crippen LogP contribution >= 0.6 is 0 Å². The van der Waals surface area contributed by atoms with E-state index in [0.29, 0.717) is 5.92 Å². The van der Waals surface area contributed by atoms with E-state index in [1.807, 2.05) is 0 Å². The van der Waals surface area contributed by atoms with E-state index < -0.39 is 5.97 Å². The molecule has 0 unspecified atom stereocenters. The fraction of sp³-hybridized carbons (Fsp3) is 0.933. The standard InChI is InChI=1S/C15H26O2/c16-14(17)15(12-13-8-4-5-9-13)10-6-2-1-3-7-11-15/h13H,1-12H2,(H,16,17). The van der Waals surface area contributed by atoms with Gasteiger partial charge in [0.05, 0.1) is 5.41 Å². The molecule has 2 nitrogen and oxygen atoms in total. The van der Waals surface area contributed by atoms with Crippen molar-refractivity contribution in [1.82, 2.24) is 0 Å². The van der Waals surface area contributed by atoms with Crippen LogP contribution in [0.5, 0.6) is 0 Å². The molecule has 0 aromatic heterocycles. The van der Waals surface area contributed by atoms with Crippen LogP contribution in [-0.2, 0) is 4.79 Å². The van der Waals surface area contributed by atoms with E-state index in [4.69, 9.17) is 0 Å². The number of aliphatic carboxylic acids is 1. The van der Waals surface area contributed by atoms with Gasteiger partial charge in [0.25, 0.3) is 0 Å². The molecule has 0 aromatic carbocycles. The average Bonchev–Trinajstić information content (AvgIpc) is 2.74. The number of carboxylic acid groups (broad SMARTS) is 1. The van der Waals surface area contributed by atoms with Crippen molar-refractivity contribution in [2.45, 2.75) is 77.0 Å². The molecule has 2 aliphatic carbocycles. The first-order valence-electron chi connectivity index (χ1n) is 7.46. The smallest absolute Gasteiger partial charge is 0.309 e. The van der Waals surface area contributed by atoms with Gasteiger partial charge in [-0.3, -0.25) is 4.79 Å². The Morgan fingerprint density at radius 3 is 2.00 bits per heavy atom.